The quantitative estimate of drug-likeness (QED) is 0.538. The minimum Gasteiger partial charge on any atom is -0.370 e. The highest BCUT2D eigenvalue weighted by Crippen LogP contribution is 2.29. The lowest BCUT2D eigenvalue weighted by molar-refractivity contribution is -0.908. The maximum atomic E-state index is 12.8. The zero-order chi connectivity index (χ0) is 19.5. The van der Waals surface area contributed by atoms with Crippen LogP contribution < -0.4 is 10.2 Å². The molecule has 0 unspecified atom stereocenters. The molecule has 2 heterocycles. The standard InChI is InChI=1S/C21H23N3O4/c25-18(22-8-3-9-23-10-12-28-13-11-23)14-24-20(26)16-6-1-4-15-5-2-7-17(19(15)16)21(24)27/h1-2,4-7H,3,8-14H2,(H,22,25)/p+1. The Labute approximate surface area is 163 Å². The fourth-order valence-electron chi connectivity index (χ4n) is 3.90. The summed E-state index contributed by atoms with van der Waals surface area (Å²) in [6.45, 7) is 4.81. The Kier molecular flexibility index (Phi) is 5.36. The first-order chi connectivity index (χ1) is 13.6. The molecule has 0 bridgehead atoms. The van der Waals surface area contributed by atoms with Gasteiger partial charge in [-0.3, -0.25) is 19.3 Å². The molecule has 0 spiro atoms. The monoisotopic (exact) mass is 382 g/mol. The molecule has 28 heavy (non-hydrogen) atoms. The summed E-state index contributed by atoms with van der Waals surface area (Å²) in [5.41, 5.74) is 0.938. The third kappa shape index (κ3) is 3.63. The maximum absolute atomic E-state index is 12.8. The van der Waals surface area contributed by atoms with Gasteiger partial charge in [-0.2, -0.15) is 0 Å². The minimum atomic E-state index is -0.415. The summed E-state index contributed by atoms with van der Waals surface area (Å²) in [7, 11) is 0. The second kappa shape index (κ2) is 8.08. The SMILES string of the molecule is O=C(CN1C(=O)c2cccc3cccc(c23)C1=O)NCCC[NH+]1CCOCC1. The zero-order valence-electron chi connectivity index (χ0n) is 15.7. The van der Waals surface area contributed by atoms with Crippen molar-refractivity contribution < 1.29 is 24.0 Å². The van der Waals surface area contributed by atoms with Gasteiger partial charge in [0.25, 0.3) is 11.8 Å². The van der Waals surface area contributed by atoms with Crippen LogP contribution in [0.1, 0.15) is 27.1 Å². The predicted octanol–water partition coefficient (Wildman–Crippen LogP) is -0.143. The van der Waals surface area contributed by atoms with Crippen LogP contribution in [0.5, 0.6) is 0 Å². The van der Waals surface area contributed by atoms with Crippen LogP contribution >= 0.6 is 0 Å². The molecule has 7 heteroatoms. The zero-order valence-corrected chi connectivity index (χ0v) is 15.7. The van der Waals surface area contributed by atoms with E-state index in [0.717, 1.165) is 49.6 Å². The molecule has 2 aliphatic rings. The molecule has 2 aromatic carbocycles. The van der Waals surface area contributed by atoms with Gasteiger partial charge in [-0.15, -0.1) is 0 Å². The molecule has 0 aromatic heterocycles. The number of hydrogen-bond donors (Lipinski definition) is 2. The fraction of sp³-hybridized carbons (Fsp3) is 0.381. The number of rotatable bonds is 6. The van der Waals surface area contributed by atoms with E-state index in [9.17, 15) is 14.4 Å². The fourth-order valence-corrected chi connectivity index (χ4v) is 3.90. The first-order valence-corrected chi connectivity index (χ1v) is 9.71. The first-order valence-electron chi connectivity index (χ1n) is 9.71. The molecular weight excluding hydrogens is 358 g/mol. The van der Waals surface area contributed by atoms with E-state index in [1.54, 1.807) is 24.3 Å². The van der Waals surface area contributed by atoms with Crippen molar-refractivity contribution in [1.82, 2.24) is 10.2 Å². The van der Waals surface area contributed by atoms with Crippen molar-refractivity contribution >= 4 is 28.5 Å². The average Bonchev–Trinajstić information content (AvgIpc) is 2.73. The van der Waals surface area contributed by atoms with Gasteiger partial charge in [-0.25, -0.2) is 0 Å². The van der Waals surface area contributed by atoms with E-state index < -0.39 is 11.8 Å². The maximum Gasteiger partial charge on any atom is 0.261 e. The summed E-state index contributed by atoms with van der Waals surface area (Å²) in [5.74, 6) is -1.14. The largest absolute Gasteiger partial charge is 0.370 e. The molecule has 2 aliphatic heterocycles. The highest BCUT2D eigenvalue weighted by Gasteiger charge is 2.33. The van der Waals surface area contributed by atoms with Crippen LogP contribution in [0.15, 0.2) is 36.4 Å². The Morgan fingerprint density at radius 2 is 1.68 bits per heavy atom. The van der Waals surface area contributed by atoms with Crippen molar-refractivity contribution in [2.75, 3.05) is 45.9 Å². The van der Waals surface area contributed by atoms with Crippen LogP contribution in [0.2, 0.25) is 0 Å². The number of amides is 3. The van der Waals surface area contributed by atoms with E-state index >= 15 is 0 Å². The number of imide groups is 1. The molecule has 7 nitrogen and oxygen atoms in total. The highest BCUT2D eigenvalue weighted by atomic mass is 16.5. The van der Waals surface area contributed by atoms with Gasteiger partial charge in [0.05, 0.1) is 19.8 Å². The lowest BCUT2D eigenvalue weighted by Gasteiger charge is -2.26. The van der Waals surface area contributed by atoms with Gasteiger partial charge in [0.2, 0.25) is 5.91 Å². The summed E-state index contributed by atoms with van der Waals surface area (Å²) in [5, 5.41) is 4.35. The van der Waals surface area contributed by atoms with E-state index in [0.29, 0.717) is 23.1 Å². The van der Waals surface area contributed by atoms with Crippen LogP contribution in [0, 0.1) is 0 Å². The summed E-state index contributed by atoms with van der Waals surface area (Å²) in [6, 6.07) is 10.7. The molecule has 2 N–H and O–H groups in total. The van der Waals surface area contributed by atoms with Gasteiger partial charge >= 0.3 is 0 Å². The Morgan fingerprint density at radius 3 is 2.32 bits per heavy atom. The van der Waals surface area contributed by atoms with Gasteiger partial charge < -0.3 is 15.0 Å². The van der Waals surface area contributed by atoms with Crippen molar-refractivity contribution in [3.63, 3.8) is 0 Å². The lowest BCUT2D eigenvalue weighted by Crippen LogP contribution is -3.14. The van der Waals surface area contributed by atoms with Crippen molar-refractivity contribution in [2.45, 2.75) is 6.42 Å². The summed E-state index contributed by atoms with van der Waals surface area (Å²) >= 11 is 0. The van der Waals surface area contributed by atoms with Crippen LogP contribution in [0.25, 0.3) is 10.8 Å². The van der Waals surface area contributed by atoms with Crippen LogP contribution in [-0.4, -0.2) is 68.6 Å². The number of ether oxygens (including phenoxy) is 1. The molecule has 2 aromatic rings. The summed E-state index contributed by atoms with van der Waals surface area (Å²) in [6.07, 6.45) is 0.852. The summed E-state index contributed by atoms with van der Waals surface area (Å²) in [4.78, 5) is 40.4. The molecule has 0 radical (unpaired) electrons. The lowest BCUT2D eigenvalue weighted by atomic mass is 9.94. The van der Waals surface area contributed by atoms with Crippen molar-refractivity contribution in [3.8, 4) is 0 Å². The van der Waals surface area contributed by atoms with Gasteiger partial charge in [0, 0.05) is 29.5 Å². The molecule has 4 rings (SSSR count). The molecule has 146 valence electrons. The number of nitrogens with one attached hydrogen (secondary N) is 2. The highest BCUT2D eigenvalue weighted by molar-refractivity contribution is 6.26. The minimum absolute atomic E-state index is 0.257. The second-order valence-electron chi connectivity index (χ2n) is 7.22. The van der Waals surface area contributed by atoms with Crippen LogP contribution in [-0.2, 0) is 9.53 Å². The van der Waals surface area contributed by atoms with E-state index in [-0.39, 0.29) is 12.5 Å². The molecule has 0 atom stereocenters. The Balaban J connectivity index is 1.36. The number of carbonyl (C=O) groups is 3. The Bertz CT molecular complexity index is 870. The number of hydrogen-bond acceptors (Lipinski definition) is 4. The number of nitrogens with zero attached hydrogens (tertiary/aromatic N) is 1. The van der Waals surface area contributed by atoms with Crippen molar-refractivity contribution in [1.29, 1.82) is 0 Å². The molecular formula is C21H24N3O4+. The van der Waals surface area contributed by atoms with Crippen LogP contribution in [0.3, 0.4) is 0 Å². The molecule has 1 saturated heterocycles. The van der Waals surface area contributed by atoms with Crippen molar-refractivity contribution in [3.05, 3.63) is 47.5 Å². The average molecular weight is 382 g/mol. The molecule has 1 fully saturated rings. The second-order valence-corrected chi connectivity index (χ2v) is 7.22. The smallest absolute Gasteiger partial charge is 0.261 e. The van der Waals surface area contributed by atoms with E-state index in [1.165, 1.54) is 4.90 Å². The van der Waals surface area contributed by atoms with Crippen LogP contribution in [0.4, 0.5) is 0 Å². The number of morpholine rings is 1. The number of quaternary nitrogens is 1. The van der Waals surface area contributed by atoms with E-state index in [2.05, 4.69) is 5.32 Å². The molecule has 0 aliphatic carbocycles. The molecule has 0 saturated carbocycles. The van der Waals surface area contributed by atoms with E-state index in [4.69, 9.17) is 4.74 Å². The van der Waals surface area contributed by atoms with Gasteiger partial charge in [-0.05, 0) is 17.5 Å². The summed E-state index contributed by atoms with van der Waals surface area (Å²) < 4.78 is 5.33. The third-order valence-electron chi connectivity index (χ3n) is 5.39. The topological polar surface area (TPSA) is 80.2 Å². The third-order valence-corrected chi connectivity index (χ3v) is 5.39. The molecule has 3 amide bonds. The predicted molar refractivity (Wildman–Crippen MR) is 103 cm³/mol. The number of benzene rings is 2. The van der Waals surface area contributed by atoms with Crippen molar-refractivity contribution in [2.24, 2.45) is 0 Å². The first kappa shape index (κ1) is 18.6. The normalized spacial score (nSPS) is 17.2. The van der Waals surface area contributed by atoms with Gasteiger partial charge in [0.15, 0.2) is 0 Å². The Hall–Kier alpha value is -2.77. The van der Waals surface area contributed by atoms with Gasteiger partial charge in [-0.1, -0.05) is 24.3 Å². The Morgan fingerprint density at radius 1 is 1.04 bits per heavy atom. The van der Waals surface area contributed by atoms with E-state index in [1.807, 2.05) is 12.1 Å². The van der Waals surface area contributed by atoms with Gasteiger partial charge in [0.1, 0.15) is 19.6 Å². The number of carbonyl (C=O) groups excluding carboxylic acids is 3.